The summed E-state index contributed by atoms with van der Waals surface area (Å²) in [5, 5.41) is 15.2. The van der Waals surface area contributed by atoms with Crippen LogP contribution in [-0.2, 0) is 11.8 Å². The van der Waals surface area contributed by atoms with Crippen LogP contribution in [0.2, 0.25) is 0 Å². The van der Waals surface area contributed by atoms with Gasteiger partial charge in [0.2, 0.25) is 0 Å². The van der Waals surface area contributed by atoms with Gasteiger partial charge in [0.25, 0.3) is 0 Å². The number of hydrogen-bond acceptors (Lipinski definition) is 3. The average molecular weight is 333 g/mol. The van der Waals surface area contributed by atoms with Crippen LogP contribution in [0, 0.1) is 6.92 Å². The normalized spacial score (nSPS) is 11.5. The summed E-state index contributed by atoms with van der Waals surface area (Å²) in [6, 6.07) is 13.8. The summed E-state index contributed by atoms with van der Waals surface area (Å²) < 4.78 is 7.22. The number of hydrogen-bond donors (Lipinski definition) is 1. The highest BCUT2D eigenvalue weighted by molar-refractivity contribution is 6.18. The topological polar surface area (TPSA) is 51.5 Å². The van der Waals surface area contributed by atoms with E-state index in [1.165, 1.54) is 0 Å². The van der Waals surface area contributed by atoms with Crippen molar-refractivity contribution in [2.75, 3.05) is 6.61 Å². The Morgan fingerprint density at radius 3 is 2.36 bits per heavy atom. The zero-order chi connectivity index (χ0) is 17.7. The van der Waals surface area contributed by atoms with Crippen LogP contribution in [-0.4, -0.2) is 22.2 Å². The molecule has 0 saturated carbocycles. The Hall–Kier alpha value is -3.01. The summed E-state index contributed by atoms with van der Waals surface area (Å²) in [6.45, 7) is 4.01. The largest absolute Gasteiger partial charge is 0.507 e. The molecule has 1 heterocycles. The number of rotatable bonds is 2. The number of nitrogens with zero attached hydrogens (tertiary/aromatic N) is 1. The van der Waals surface area contributed by atoms with Gasteiger partial charge >= 0.3 is 5.97 Å². The molecule has 1 aromatic heterocycles. The monoisotopic (exact) mass is 333 g/mol. The third kappa shape index (κ3) is 2.18. The van der Waals surface area contributed by atoms with E-state index in [2.05, 4.69) is 6.07 Å². The molecule has 0 radical (unpaired) electrons. The van der Waals surface area contributed by atoms with Crippen molar-refractivity contribution in [1.82, 2.24) is 4.57 Å². The van der Waals surface area contributed by atoms with Gasteiger partial charge in [0, 0.05) is 28.9 Å². The summed E-state index contributed by atoms with van der Waals surface area (Å²) in [4.78, 5) is 12.4. The van der Waals surface area contributed by atoms with Crippen molar-refractivity contribution in [3.63, 3.8) is 0 Å². The number of aryl methyl sites for hydroxylation is 1. The van der Waals surface area contributed by atoms with Crippen molar-refractivity contribution in [2.45, 2.75) is 13.8 Å². The number of phenols is 1. The highest BCUT2D eigenvalue weighted by Crippen LogP contribution is 2.38. The number of carbonyl (C=O) groups excluding carboxylic acids is 1. The Labute approximate surface area is 145 Å². The van der Waals surface area contributed by atoms with Gasteiger partial charge in [-0.15, -0.1) is 0 Å². The van der Waals surface area contributed by atoms with E-state index in [9.17, 15) is 9.90 Å². The van der Waals surface area contributed by atoms with Gasteiger partial charge in [-0.2, -0.15) is 0 Å². The van der Waals surface area contributed by atoms with Gasteiger partial charge in [-0.25, -0.2) is 4.79 Å². The Kier molecular flexibility index (Phi) is 3.42. The maximum absolute atomic E-state index is 12.4. The fourth-order valence-electron chi connectivity index (χ4n) is 3.62. The first-order valence-electron chi connectivity index (χ1n) is 8.33. The van der Waals surface area contributed by atoms with Crippen LogP contribution >= 0.6 is 0 Å². The zero-order valence-electron chi connectivity index (χ0n) is 14.5. The van der Waals surface area contributed by atoms with Gasteiger partial charge in [-0.3, -0.25) is 0 Å². The number of aromatic hydroxyl groups is 1. The molecule has 0 amide bonds. The maximum Gasteiger partial charge on any atom is 0.340 e. The highest BCUT2D eigenvalue weighted by atomic mass is 16.5. The van der Waals surface area contributed by atoms with Gasteiger partial charge in [0.05, 0.1) is 17.7 Å². The molecular weight excluding hydrogens is 314 g/mol. The zero-order valence-corrected chi connectivity index (χ0v) is 14.5. The predicted octanol–water partition coefficient (Wildman–Crippen LogP) is 4.68. The van der Waals surface area contributed by atoms with E-state index < -0.39 is 0 Å². The number of esters is 1. The molecule has 0 aliphatic carbocycles. The second-order valence-electron chi connectivity index (χ2n) is 6.28. The number of carbonyl (C=O) groups is 1. The minimum Gasteiger partial charge on any atom is -0.507 e. The Balaban J connectivity index is 2.18. The number of aromatic nitrogens is 1. The molecule has 4 aromatic rings. The van der Waals surface area contributed by atoms with Crippen LogP contribution < -0.4 is 0 Å². The van der Waals surface area contributed by atoms with Crippen LogP contribution in [0.25, 0.3) is 32.4 Å². The fourth-order valence-corrected chi connectivity index (χ4v) is 3.62. The maximum atomic E-state index is 12.4. The first-order chi connectivity index (χ1) is 12.0. The Morgan fingerprint density at radius 2 is 1.72 bits per heavy atom. The van der Waals surface area contributed by atoms with Crippen molar-refractivity contribution in [3.8, 4) is 5.75 Å². The molecular formula is C21H19NO3. The van der Waals surface area contributed by atoms with Gasteiger partial charge in [-0.05, 0) is 42.8 Å². The lowest BCUT2D eigenvalue weighted by Crippen LogP contribution is -2.06. The molecule has 0 unspecified atom stereocenters. The molecule has 0 aliphatic rings. The van der Waals surface area contributed by atoms with Crippen molar-refractivity contribution >= 4 is 38.4 Å². The number of ether oxygens (including phenoxy) is 1. The SMILES string of the molecule is CCOC(=O)c1c(C)n(C)c2c1cc(O)c1cc3ccccc3cc12. The van der Waals surface area contributed by atoms with E-state index in [1.807, 2.05) is 48.9 Å². The Bertz CT molecular complexity index is 1150. The lowest BCUT2D eigenvalue weighted by Gasteiger charge is -2.08. The molecule has 25 heavy (non-hydrogen) atoms. The van der Waals surface area contributed by atoms with Crippen LogP contribution in [0.3, 0.4) is 0 Å². The van der Waals surface area contributed by atoms with Crippen LogP contribution in [0.5, 0.6) is 5.75 Å². The van der Waals surface area contributed by atoms with E-state index in [0.717, 1.165) is 38.1 Å². The summed E-state index contributed by atoms with van der Waals surface area (Å²) in [7, 11) is 1.94. The number of benzene rings is 3. The third-order valence-corrected chi connectivity index (χ3v) is 4.90. The Morgan fingerprint density at radius 1 is 1.08 bits per heavy atom. The molecule has 0 fully saturated rings. The summed E-state index contributed by atoms with van der Waals surface area (Å²) >= 11 is 0. The quantitative estimate of drug-likeness (QED) is 0.428. The molecule has 4 nitrogen and oxygen atoms in total. The van der Waals surface area contributed by atoms with Gasteiger partial charge in [0.15, 0.2) is 0 Å². The third-order valence-electron chi connectivity index (χ3n) is 4.90. The first kappa shape index (κ1) is 15.5. The van der Waals surface area contributed by atoms with Crippen molar-refractivity contribution < 1.29 is 14.6 Å². The number of phenolic OH excluding ortho intramolecular Hbond substituents is 1. The van der Waals surface area contributed by atoms with Crippen LogP contribution in [0.15, 0.2) is 42.5 Å². The molecule has 0 saturated heterocycles. The summed E-state index contributed by atoms with van der Waals surface area (Å²) in [6.07, 6.45) is 0. The van der Waals surface area contributed by atoms with Crippen LogP contribution in [0.4, 0.5) is 0 Å². The van der Waals surface area contributed by atoms with E-state index in [0.29, 0.717) is 12.2 Å². The van der Waals surface area contributed by atoms with E-state index in [-0.39, 0.29) is 11.7 Å². The van der Waals surface area contributed by atoms with Gasteiger partial charge in [-0.1, -0.05) is 24.3 Å². The minimum atomic E-state index is -0.356. The second-order valence-corrected chi connectivity index (χ2v) is 6.28. The standard InChI is InChI=1S/C21H19NO3/c1-4-25-21(24)19-12(2)22(3)20-16-10-14-8-6-5-7-13(14)9-15(16)18(23)11-17(19)20/h5-11,23H,4H2,1-3H3. The fraction of sp³-hybridized carbons (Fsp3) is 0.190. The van der Waals surface area contributed by atoms with Gasteiger partial charge in [0.1, 0.15) is 5.75 Å². The summed E-state index contributed by atoms with van der Waals surface area (Å²) in [5.74, 6) is -0.186. The van der Waals surface area contributed by atoms with Crippen molar-refractivity contribution in [1.29, 1.82) is 0 Å². The van der Waals surface area contributed by atoms with Crippen LogP contribution in [0.1, 0.15) is 23.0 Å². The van der Waals surface area contributed by atoms with Crippen molar-refractivity contribution in [2.24, 2.45) is 7.05 Å². The second kappa shape index (κ2) is 5.52. The molecule has 0 atom stereocenters. The molecule has 126 valence electrons. The molecule has 4 heteroatoms. The van der Waals surface area contributed by atoms with E-state index in [4.69, 9.17) is 4.74 Å². The lowest BCUT2D eigenvalue weighted by atomic mass is 9.99. The van der Waals surface area contributed by atoms with E-state index >= 15 is 0 Å². The predicted molar refractivity (Wildman–Crippen MR) is 100 cm³/mol. The average Bonchev–Trinajstić information content (AvgIpc) is 2.85. The van der Waals surface area contributed by atoms with E-state index in [1.54, 1.807) is 13.0 Å². The number of fused-ring (bicyclic) bond motifs is 4. The first-order valence-corrected chi connectivity index (χ1v) is 8.33. The molecule has 0 bridgehead atoms. The molecule has 1 N–H and O–H groups in total. The molecule has 4 rings (SSSR count). The van der Waals surface area contributed by atoms with Crippen molar-refractivity contribution in [3.05, 3.63) is 53.7 Å². The van der Waals surface area contributed by atoms with Gasteiger partial charge < -0.3 is 14.4 Å². The molecule has 3 aromatic carbocycles. The molecule has 0 aliphatic heterocycles. The highest BCUT2D eigenvalue weighted by Gasteiger charge is 2.22. The minimum absolute atomic E-state index is 0.171. The molecule has 0 spiro atoms. The lowest BCUT2D eigenvalue weighted by molar-refractivity contribution is 0.0527. The smallest absolute Gasteiger partial charge is 0.340 e. The summed E-state index contributed by atoms with van der Waals surface area (Å²) in [5.41, 5.74) is 2.28.